The molecule has 71 valence electrons. The first-order chi connectivity index (χ1) is 5.49. The molecule has 0 aromatic rings. The maximum absolute atomic E-state index is 12.7. The molecule has 12 heavy (non-hydrogen) atoms. The van der Waals surface area contributed by atoms with Crippen LogP contribution in [-0.2, 0) is 0 Å². The van der Waals surface area contributed by atoms with Crippen molar-refractivity contribution in [1.29, 1.82) is 0 Å². The average Bonchev–Trinajstić information content (AvgIpc) is 1.93. The molecule has 0 aromatic heterocycles. The van der Waals surface area contributed by atoms with E-state index in [-0.39, 0.29) is 18.9 Å². The second kappa shape index (κ2) is 3.69. The van der Waals surface area contributed by atoms with E-state index in [1.54, 1.807) is 0 Å². The van der Waals surface area contributed by atoms with E-state index in [0.717, 1.165) is 6.42 Å². The average molecular weight is 176 g/mol. The van der Waals surface area contributed by atoms with Crippen LogP contribution in [0.2, 0.25) is 0 Å². The lowest BCUT2D eigenvalue weighted by molar-refractivity contribution is -0.0467. The highest BCUT2D eigenvalue weighted by Gasteiger charge is 2.34. The van der Waals surface area contributed by atoms with Crippen LogP contribution < -0.4 is 5.73 Å². The highest BCUT2D eigenvalue weighted by Crippen LogP contribution is 2.37. The Hall–Kier alpha value is -0.180. The Labute approximate surface area is 72.3 Å². The molecule has 0 saturated heterocycles. The second-order valence-electron chi connectivity index (χ2n) is 3.80. The number of nitrogens with two attached hydrogens (primary N) is 1. The minimum Gasteiger partial charge on any atom is -0.328 e. The molecule has 1 atom stereocenters. The molecule has 1 radical (unpaired) electrons. The van der Waals surface area contributed by atoms with Crippen LogP contribution in [0.5, 0.6) is 0 Å². The van der Waals surface area contributed by atoms with Gasteiger partial charge in [-0.05, 0) is 32.1 Å². The SMILES string of the molecule is [CH2]C(N)CC1CCC(F)(F)CC1. The zero-order valence-electron chi connectivity index (χ0n) is 7.23. The van der Waals surface area contributed by atoms with Gasteiger partial charge in [0.25, 0.3) is 0 Å². The van der Waals surface area contributed by atoms with Gasteiger partial charge in [-0.1, -0.05) is 0 Å². The van der Waals surface area contributed by atoms with Gasteiger partial charge in [0.2, 0.25) is 5.92 Å². The lowest BCUT2D eigenvalue weighted by atomic mass is 9.83. The molecule has 0 bridgehead atoms. The van der Waals surface area contributed by atoms with E-state index in [1.165, 1.54) is 0 Å². The van der Waals surface area contributed by atoms with Crippen molar-refractivity contribution in [3.8, 4) is 0 Å². The highest BCUT2D eigenvalue weighted by atomic mass is 19.3. The molecule has 1 unspecified atom stereocenters. The molecule has 1 aliphatic rings. The van der Waals surface area contributed by atoms with Crippen molar-refractivity contribution in [2.45, 2.75) is 44.1 Å². The second-order valence-corrected chi connectivity index (χ2v) is 3.80. The summed E-state index contributed by atoms with van der Waals surface area (Å²) in [7, 11) is 0. The Kier molecular flexibility index (Phi) is 3.04. The lowest BCUT2D eigenvalue weighted by Crippen LogP contribution is -2.28. The fraction of sp³-hybridized carbons (Fsp3) is 0.889. The van der Waals surface area contributed by atoms with Crippen LogP contribution in [0, 0.1) is 12.8 Å². The van der Waals surface area contributed by atoms with Gasteiger partial charge in [-0.25, -0.2) is 8.78 Å². The molecule has 0 heterocycles. The molecule has 1 aliphatic carbocycles. The van der Waals surface area contributed by atoms with Crippen molar-refractivity contribution in [3.63, 3.8) is 0 Å². The molecule has 1 saturated carbocycles. The van der Waals surface area contributed by atoms with E-state index in [0.29, 0.717) is 18.8 Å². The fourth-order valence-corrected chi connectivity index (χ4v) is 1.76. The largest absolute Gasteiger partial charge is 0.328 e. The summed E-state index contributed by atoms with van der Waals surface area (Å²) in [5.41, 5.74) is 5.49. The maximum atomic E-state index is 12.7. The van der Waals surface area contributed by atoms with Crippen LogP contribution in [0.1, 0.15) is 32.1 Å². The van der Waals surface area contributed by atoms with Gasteiger partial charge in [0.1, 0.15) is 0 Å². The number of hydrogen-bond acceptors (Lipinski definition) is 1. The molecular weight excluding hydrogens is 160 g/mol. The van der Waals surface area contributed by atoms with Gasteiger partial charge in [0, 0.05) is 18.9 Å². The molecule has 2 N–H and O–H groups in total. The van der Waals surface area contributed by atoms with Gasteiger partial charge >= 0.3 is 0 Å². The number of halogens is 2. The smallest absolute Gasteiger partial charge is 0.248 e. The van der Waals surface area contributed by atoms with E-state index in [4.69, 9.17) is 5.73 Å². The predicted molar refractivity (Wildman–Crippen MR) is 44.9 cm³/mol. The summed E-state index contributed by atoms with van der Waals surface area (Å²) in [4.78, 5) is 0. The number of rotatable bonds is 2. The van der Waals surface area contributed by atoms with Gasteiger partial charge in [-0.2, -0.15) is 0 Å². The van der Waals surface area contributed by atoms with E-state index in [9.17, 15) is 8.78 Å². The molecule has 0 amide bonds. The predicted octanol–water partition coefficient (Wildman–Crippen LogP) is 2.36. The molecule has 0 aromatic carbocycles. The van der Waals surface area contributed by atoms with E-state index in [1.807, 2.05) is 0 Å². The Morgan fingerprint density at radius 3 is 2.33 bits per heavy atom. The molecule has 1 rings (SSSR count). The third kappa shape index (κ3) is 3.05. The zero-order valence-corrected chi connectivity index (χ0v) is 7.23. The third-order valence-electron chi connectivity index (χ3n) is 2.47. The number of hydrogen-bond donors (Lipinski definition) is 1. The summed E-state index contributed by atoms with van der Waals surface area (Å²) >= 11 is 0. The van der Waals surface area contributed by atoms with Crippen LogP contribution in [-0.4, -0.2) is 12.0 Å². The monoisotopic (exact) mass is 176 g/mol. The van der Waals surface area contributed by atoms with E-state index in [2.05, 4.69) is 6.92 Å². The van der Waals surface area contributed by atoms with Crippen LogP contribution in [0.3, 0.4) is 0 Å². The first-order valence-corrected chi connectivity index (χ1v) is 4.46. The Balaban J connectivity index is 2.27. The first-order valence-electron chi connectivity index (χ1n) is 4.46. The Bertz CT molecular complexity index is 135. The summed E-state index contributed by atoms with van der Waals surface area (Å²) in [6, 6.07) is -0.0956. The zero-order chi connectivity index (χ0) is 9.19. The molecule has 0 aliphatic heterocycles. The van der Waals surface area contributed by atoms with E-state index >= 15 is 0 Å². The molecular formula is C9H16F2N. The molecule has 0 spiro atoms. The van der Waals surface area contributed by atoms with Crippen molar-refractivity contribution in [2.24, 2.45) is 11.7 Å². The Morgan fingerprint density at radius 2 is 1.92 bits per heavy atom. The van der Waals surface area contributed by atoms with Crippen molar-refractivity contribution >= 4 is 0 Å². The summed E-state index contributed by atoms with van der Waals surface area (Å²) in [5, 5.41) is 0. The van der Waals surface area contributed by atoms with Gasteiger partial charge in [-0.3, -0.25) is 0 Å². The van der Waals surface area contributed by atoms with Gasteiger partial charge in [0.15, 0.2) is 0 Å². The first kappa shape index (κ1) is 9.90. The van der Waals surface area contributed by atoms with Crippen molar-refractivity contribution in [3.05, 3.63) is 6.92 Å². The standard InChI is InChI=1S/C9H16F2N/c1-7(12)6-8-2-4-9(10,11)5-3-8/h7-8H,1-6,12H2. The quantitative estimate of drug-likeness (QED) is 0.686. The van der Waals surface area contributed by atoms with Gasteiger partial charge < -0.3 is 5.73 Å². The lowest BCUT2D eigenvalue weighted by Gasteiger charge is -2.28. The summed E-state index contributed by atoms with van der Waals surface area (Å²) in [6.45, 7) is 3.66. The minimum atomic E-state index is -2.41. The van der Waals surface area contributed by atoms with Crippen molar-refractivity contribution in [2.75, 3.05) is 0 Å². The molecule has 3 heteroatoms. The normalized spacial score (nSPS) is 27.0. The van der Waals surface area contributed by atoms with Gasteiger partial charge in [0.05, 0.1) is 0 Å². The highest BCUT2D eigenvalue weighted by molar-refractivity contribution is 4.80. The van der Waals surface area contributed by atoms with Crippen LogP contribution in [0.4, 0.5) is 8.78 Å². The van der Waals surface area contributed by atoms with E-state index < -0.39 is 5.92 Å². The summed E-state index contributed by atoms with van der Waals surface area (Å²) in [6.07, 6.45) is 2.07. The van der Waals surface area contributed by atoms with Gasteiger partial charge in [-0.15, -0.1) is 0 Å². The van der Waals surface area contributed by atoms with Crippen LogP contribution in [0.25, 0.3) is 0 Å². The molecule has 1 fully saturated rings. The summed E-state index contributed by atoms with van der Waals surface area (Å²) in [5.74, 6) is -2.04. The van der Waals surface area contributed by atoms with Crippen molar-refractivity contribution in [1.82, 2.24) is 0 Å². The van der Waals surface area contributed by atoms with Crippen LogP contribution in [0.15, 0.2) is 0 Å². The van der Waals surface area contributed by atoms with Crippen LogP contribution >= 0.6 is 0 Å². The fourth-order valence-electron chi connectivity index (χ4n) is 1.76. The maximum Gasteiger partial charge on any atom is 0.248 e. The van der Waals surface area contributed by atoms with Crippen molar-refractivity contribution < 1.29 is 8.78 Å². The minimum absolute atomic E-state index is 0.0321. The molecule has 1 nitrogen and oxygen atoms in total. The topological polar surface area (TPSA) is 26.0 Å². The number of alkyl halides is 2. The summed E-state index contributed by atoms with van der Waals surface area (Å²) < 4.78 is 25.3. The Morgan fingerprint density at radius 1 is 1.42 bits per heavy atom. The third-order valence-corrected chi connectivity index (χ3v) is 2.47.